The SMILES string of the molecule is COc1ccc2c(c1)[C@@H]1C=CC[C@@H]1[C@@H](c1ccc(C(=O)O)cc1)N2. The molecule has 0 saturated carbocycles. The number of benzene rings is 2. The van der Waals surface area contributed by atoms with Crippen LogP contribution in [0.2, 0.25) is 0 Å². The van der Waals surface area contributed by atoms with Crippen molar-refractivity contribution in [1.82, 2.24) is 0 Å². The maximum absolute atomic E-state index is 11.1. The number of allylic oxidation sites excluding steroid dienone is 2. The Balaban J connectivity index is 1.71. The van der Waals surface area contributed by atoms with Crippen LogP contribution in [-0.2, 0) is 0 Å². The number of rotatable bonds is 3. The van der Waals surface area contributed by atoms with E-state index in [-0.39, 0.29) is 6.04 Å². The van der Waals surface area contributed by atoms with Gasteiger partial charge in [-0.2, -0.15) is 0 Å². The number of hydrogen-bond donors (Lipinski definition) is 2. The summed E-state index contributed by atoms with van der Waals surface area (Å²) in [6, 6.07) is 13.5. The Labute approximate surface area is 140 Å². The number of aromatic carboxylic acids is 1. The highest BCUT2D eigenvalue weighted by Gasteiger charge is 2.38. The van der Waals surface area contributed by atoms with E-state index in [4.69, 9.17) is 9.84 Å². The van der Waals surface area contributed by atoms with Gasteiger partial charge in [-0.05, 0) is 53.8 Å². The molecule has 0 amide bonds. The van der Waals surface area contributed by atoms with E-state index in [0.29, 0.717) is 17.4 Å². The van der Waals surface area contributed by atoms with Crippen molar-refractivity contribution in [3.05, 3.63) is 71.3 Å². The normalized spacial score (nSPS) is 24.0. The van der Waals surface area contributed by atoms with Crippen LogP contribution in [0.3, 0.4) is 0 Å². The van der Waals surface area contributed by atoms with Gasteiger partial charge in [-0.1, -0.05) is 24.3 Å². The zero-order valence-corrected chi connectivity index (χ0v) is 13.4. The third-order valence-electron chi connectivity index (χ3n) is 5.09. The number of hydrogen-bond acceptors (Lipinski definition) is 3. The van der Waals surface area contributed by atoms with E-state index in [0.717, 1.165) is 23.4 Å². The Morgan fingerprint density at radius 2 is 2.00 bits per heavy atom. The molecule has 2 aliphatic rings. The van der Waals surface area contributed by atoms with Crippen LogP contribution < -0.4 is 10.1 Å². The molecule has 2 aromatic carbocycles. The first-order valence-corrected chi connectivity index (χ1v) is 8.12. The zero-order chi connectivity index (χ0) is 16.7. The highest BCUT2D eigenvalue weighted by molar-refractivity contribution is 5.87. The molecule has 0 aromatic heterocycles. The van der Waals surface area contributed by atoms with Crippen molar-refractivity contribution in [2.45, 2.75) is 18.4 Å². The number of ether oxygens (including phenoxy) is 1. The van der Waals surface area contributed by atoms with Gasteiger partial charge in [0, 0.05) is 11.6 Å². The summed E-state index contributed by atoms with van der Waals surface area (Å²) in [7, 11) is 1.69. The Morgan fingerprint density at radius 3 is 2.71 bits per heavy atom. The second kappa shape index (κ2) is 5.71. The summed E-state index contributed by atoms with van der Waals surface area (Å²) in [6.07, 6.45) is 5.53. The van der Waals surface area contributed by atoms with Crippen LogP contribution in [0.25, 0.3) is 0 Å². The Bertz CT molecular complexity index is 810. The first kappa shape index (κ1) is 14.8. The van der Waals surface area contributed by atoms with Crippen molar-refractivity contribution in [2.75, 3.05) is 12.4 Å². The number of carbonyl (C=O) groups is 1. The molecule has 1 heterocycles. The molecule has 1 aliphatic heterocycles. The number of carboxylic acids is 1. The fourth-order valence-corrected chi connectivity index (χ4v) is 3.86. The molecular formula is C20H19NO3. The van der Waals surface area contributed by atoms with E-state index in [1.165, 1.54) is 5.56 Å². The number of fused-ring (bicyclic) bond motifs is 3. The van der Waals surface area contributed by atoms with Crippen molar-refractivity contribution in [1.29, 1.82) is 0 Å². The zero-order valence-electron chi connectivity index (χ0n) is 13.4. The van der Waals surface area contributed by atoms with Gasteiger partial charge < -0.3 is 15.2 Å². The van der Waals surface area contributed by atoms with E-state index in [9.17, 15) is 4.79 Å². The van der Waals surface area contributed by atoms with E-state index >= 15 is 0 Å². The topological polar surface area (TPSA) is 58.6 Å². The van der Waals surface area contributed by atoms with Gasteiger partial charge in [0.1, 0.15) is 5.75 Å². The van der Waals surface area contributed by atoms with Gasteiger partial charge in [-0.15, -0.1) is 0 Å². The van der Waals surface area contributed by atoms with Crippen LogP contribution in [0.5, 0.6) is 5.75 Å². The molecule has 24 heavy (non-hydrogen) atoms. The maximum atomic E-state index is 11.1. The summed E-state index contributed by atoms with van der Waals surface area (Å²) in [5.41, 5.74) is 3.84. The molecule has 4 rings (SSSR count). The molecule has 0 fully saturated rings. The fourth-order valence-electron chi connectivity index (χ4n) is 3.86. The molecule has 2 aromatic rings. The molecule has 0 radical (unpaired) electrons. The molecule has 122 valence electrons. The third-order valence-corrected chi connectivity index (χ3v) is 5.09. The monoisotopic (exact) mass is 321 g/mol. The highest BCUT2D eigenvalue weighted by Crippen LogP contribution is 2.50. The highest BCUT2D eigenvalue weighted by atomic mass is 16.5. The first-order chi connectivity index (χ1) is 11.7. The van der Waals surface area contributed by atoms with Crippen LogP contribution in [-0.4, -0.2) is 18.2 Å². The molecule has 0 unspecified atom stereocenters. The number of methoxy groups -OCH3 is 1. The third kappa shape index (κ3) is 2.35. The van der Waals surface area contributed by atoms with Gasteiger partial charge in [-0.3, -0.25) is 0 Å². The summed E-state index contributed by atoms with van der Waals surface area (Å²) in [5, 5.41) is 12.7. The molecule has 4 heteroatoms. The van der Waals surface area contributed by atoms with Crippen LogP contribution in [0.1, 0.15) is 39.9 Å². The Hall–Kier alpha value is -2.75. The number of anilines is 1. The summed E-state index contributed by atoms with van der Waals surface area (Å²) < 4.78 is 5.37. The van der Waals surface area contributed by atoms with E-state index in [1.54, 1.807) is 19.2 Å². The maximum Gasteiger partial charge on any atom is 0.335 e. The van der Waals surface area contributed by atoms with Crippen molar-refractivity contribution in [2.24, 2.45) is 5.92 Å². The smallest absolute Gasteiger partial charge is 0.335 e. The summed E-state index contributed by atoms with van der Waals surface area (Å²) in [4.78, 5) is 11.1. The van der Waals surface area contributed by atoms with Crippen molar-refractivity contribution in [3.63, 3.8) is 0 Å². The molecule has 3 atom stereocenters. The minimum atomic E-state index is -0.893. The second-order valence-corrected chi connectivity index (χ2v) is 6.36. The molecular weight excluding hydrogens is 302 g/mol. The predicted octanol–water partition coefficient (Wildman–Crippen LogP) is 4.22. The lowest BCUT2D eigenvalue weighted by molar-refractivity contribution is 0.0697. The second-order valence-electron chi connectivity index (χ2n) is 6.36. The van der Waals surface area contributed by atoms with Gasteiger partial charge in [0.25, 0.3) is 0 Å². The first-order valence-electron chi connectivity index (χ1n) is 8.12. The molecule has 0 bridgehead atoms. The van der Waals surface area contributed by atoms with E-state index < -0.39 is 5.97 Å². The van der Waals surface area contributed by atoms with Gasteiger partial charge in [0.2, 0.25) is 0 Å². The average molecular weight is 321 g/mol. The molecule has 0 saturated heterocycles. The number of nitrogens with one attached hydrogen (secondary N) is 1. The summed E-state index contributed by atoms with van der Waals surface area (Å²) >= 11 is 0. The average Bonchev–Trinajstić information content (AvgIpc) is 3.10. The molecule has 4 nitrogen and oxygen atoms in total. The van der Waals surface area contributed by atoms with E-state index in [1.807, 2.05) is 18.2 Å². The van der Waals surface area contributed by atoms with Crippen LogP contribution in [0, 0.1) is 5.92 Å². The van der Waals surface area contributed by atoms with Crippen molar-refractivity contribution < 1.29 is 14.6 Å². The lowest BCUT2D eigenvalue weighted by atomic mass is 9.77. The minimum Gasteiger partial charge on any atom is -0.497 e. The minimum absolute atomic E-state index is 0.175. The predicted molar refractivity (Wildman–Crippen MR) is 92.7 cm³/mol. The number of carboxylic acid groups (broad SMARTS) is 1. The van der Waals surface area contributed by atoms with Gasteiger partial charge in [0.15, 0.2) is 0 Å². The quantitative estimate of drug-likeness (QED) is 0.831. The lowest BCUT2D eigenvalue weighted by Crippen LogP contribution is -2.29. The summed E-state index contributed by atoms with van der Waals surface area (Å²) in [6.45, 7) is 0. The van der Waals surface area contributed by atoms with E-state index in [2.05, 4.69) is 29.6 Å². The summed E-state index contributed by atoms with van der Waals surface area (Å²) in [5.74, 6) is 0.774. The molecule has 2 N–H and O–H groups in total. The largest absolute Gasteiger partial charge is 0.497 e. The van der Waals surface area contributed by atoms with Gasteiger partial charge >= 0.3 is 5.97 Å². The Kier molecular flexibility index (Phi) is 3.53. The standard InChI is InChI=1S/C20H19NO3/c1-24-14-9-10-18-17(11-14)15-3-2-4-16(15)19(21-18)12-5-7-13(8-6-12)20(22)23/h2-3,5-11,15-16,19,21H,4H2,1H3,(H,22,23)/t15-,16+,19-/m1/s1. The fraction of sp³-hybridized carbons (Fsp3) is 0.250. The van der Waals surface area contributed by atoms with Crippen LogP contribution in [0.4, 0.5) is 5.69 Å². The molecule has 1 aliphatic carbocycles. The molecule has 0 spiro atoms. The lowest BCUT2D eigenvalue weighted by Gasteiger charge is -2.37. The van der Waals surface area contributed by atoms with Crippen molar-refractivity contribution in [3.8, 4) is 5.75 Å². The van der Waals surface area contributed by atoms with Crippen LogP contribution >= 0.6 is 0 Å². The van der Waals surface area contributed by atoms with Crippen LogP contribution in [0.15, 0.2) is 54.6 Å². The Morgan fingerprint density at radius 1 is 1.21 bits per heavy atom. The van der Waals surface area contributed by atoms with Gasteiger partial charge in [0.05, 0.1) is 18.7 Å². The van der Waals surface area contributed by atoms with Gasteiger partial charge in [-0.25, -0.2) is 4.79 Å². The van der Waals surface area contributed by atoms with Crippen molar-refractivity contribution >= 4 is 11.7 Å².